The fourth-order valence-electron chi connectivity index (χ4n) is 2.87. The molecule has 1 aliphatic heterocycles. The summed E-state index contributed by atoms with van der Waals surface area (Å²) in [4.78, 5) is 12.5. The van der Waals surface area contributed by atoms with Crippen LogP contribution >= 0.6 is 0 Å². The maximum Gasteiger partial charge on any atom is 0.251 e. The summed E-state index contributed by atoms with van der Waals surface area (Å²) in [6.07, 6.45) is 1.76. The number of nitrogens with one attached hydrogen (secondary N) is 2. The Morgan fingerprint density at radius 1 is 1.17 bits per heavy atom. The molecule has 2 aromatic carbocycles. The summed E-state index contributed by atoms with van der Waals surface area (Å²) in [7, 11) is 0. The largest absolute Gasteiger partial charge is 0.383 e. The summed E-state index contributed by atoms with van der Waals surface area (Å²) >= 11 is 0. The molecule has 2 aromatic rings. The van der Waals surface area contributed by atoms with Crippen LogP contribution in [0.3, 0.4) is 0 Å². The number of para-hydroxylation sites is 1. The number of amides is 1. The van der Waals surface area contributed by atoms with Crippen LogP contribution in [-0.2, 0) is 17.8 Å². The van der Waals surface area contributed by atoms with Crippen molar-refractivity contribution in [1.82, 2.24) is 5.32 Å². The molecule has 0 radical (unpaired) electrons. The minimum absolute atomic E-state index is 0.00833. The number of anilines is 1. The van der Waals surface area contributed by atoms with E-state index in [9.17, 15) is 4.79 Å². The van der Waals surface area contributed by atoms with Crippen LogP contribution in [0.4, 0.5) is 5.69 Å². The molecular weight excluding hydrogens is 300 g/mol. The van der Waals surface area contributed by atoms with Gasteiger partial charge in [0.2, 0.25) is 0 Å². The highest BCUT2D eigenvalue weighted by Gasteiger charge is 2.15. The lowest BCUT2D eigenvalue weighted by atomic mass is 10.00. The van der Waals surface area contributed by atoms with E-state index in [0.717, 1.165) is 30.7 Å². The molecule has 1 heterocycles. The second-order valence-corrected chi connectivity index (χ2v) is 6.11. The molecule has 4 heteroatoms. The number of fused-ring (bicyclic) bond motifs is 1. The third kappa shape index (κ3) is 4.15. The fourth-order valence-corrected chi connectivity index (χ4v) is 2.87. The molecular formula is C20H24N2O2. The standard InChI is InChI=1S/C20H24N2O2/c1-2-18(13-21-19-6-4-3-5-7-19)22-20(23)16-8-9-17-14-24-11-10-15(17)12-16/h3-9,12,18,21H,2,10-11,13-14H2,1H3,(H,22,23). The number of hydrogen-bond acceptors (Lipinski definition) is 3. The number of rotatable bonds is 6. The molecule has 2 N–H and O–H groups in total. The van der Waals surface area contributed by atoms with Crippen molar-refractivity contribution >= 4 is 11.6 Å². The summed E-state index contributed by atoms with van der Waals surface area (Å²) in [6, 6.07) is 16.0. The highest BCUT2D eigenvalue weighted by Crippen LogP contribution is 2.18. The van der Waals surface area contributed by atoms with Crippen molar-refractivity contribution in [2.24, 2.45) is 0 Å². The van der Waals surface area contributed by atoms with Crippen LogP contribution in [-0.4, -0.2) is 25.1 Å². The molecule has 0 saturated heterocycles. The third-order valence-corrected chi connectivity index (χ3v) is 4.40. The zero-order valence-corrected chi connectivity index (χ0v) is 14.0. The van der Waals surface area contributed by atoms with E-state index in [-0.39, 0.29) is 11.9 Å². The highest BCUT2D eigenvalue weighted by atomic mass is 16.5. The molecule has 24 heavy (non-hydrogen) atoms. The molecule has 0 fully saturated rings. The predicted octanol–water partition coefficient (Wildman–Crippen LogP) is 3.38. The first kappa shape index (κ1) is 16.5. The van der Waals surface area contributed by atoms with E-state index in [4.69, 9.17) is 4.74 Å². The molecule has 1 amide bonds. The van der Waals surface area contributed by atoms with Crippen LogP contribution in [0.2, 0.25) is 0 Å². The van der Waals surface area contributed by atoms with E-state index in [1.807, 2.05) is 48.5 Å². The average molecular weight is 324 g/mol. The molecule has 1 aliphatic rings. The molecule has 0 aliphatic carbocycles. The number of carbonyl (C=O) groups is 1. The van der Waals surface area contributed by atoms with Gasteiger partial charge in [-0.3, -0.25) is 4.79 Å². The molecule has 1 unspecified atom stereocenters. The highest BCUT2D eigenvalue weighted by molar-refractivity contribution is 5.94. The van der Waals surface area contributed by atoms with Gasteiger partial charge in [0.15, 0.2) is 0 Å². The van der Waals surface area contributed by atoms with Gasteiger partial charge in [-0.15, -0.1) is 0 Å². The molecule has 4 nitrogen and oxygen atoms in total. The van der Waals surface area contributed by atoms with Gasteiger partial charge < -0.3 is 15.4 Å². The fraction of sp³-hybridized carbons (Fsp3) is 0.350. The number of benzene rings is 2. The van der Waals surface area contributed by atoms with Gasteiger partial charge in [0, 0.05) is 23.8 Å². The normalized spacial score (nSPS) is 14.5. The van der Waals surface area contributed by atoms with E-state index in [1.165, 1.54) is 11.1 Å². The lowest BCUT2D eigenvalue weighted by Gasteiger charge is -2.20. The van der Waals surface area contributed by atoms with Gasteiger partial charge in [-0.1, -0.05) is 31.2 Å². The van der Waals surface area contributed by atoms with Crippen LogP contribution < -0.4 is 10.6 Å². The summed E-state index contributed by atoms with van der Waals surface area (Å²) in [5, 5.41) is 6.50. The monoisotopic (exact) mass is 324 g/mol. The smallest absolute Gasteiger partial charge is 0.251 e. The minimum Gasteiger partial charge on any atom is -0.383 e. The Hall–Kier alpha value is -2.33. The van der Waals surface area contributed by atoms with Gasteiger partial charge in [-0.05, 0) is 48.2 Å². The topological polar surface area (TPSA) is 50.4 Å². The average Bonchev–Trinajstić information content (AvgIpc) is 2.65. The Balaban J connectivity index is 1.60. The van der Waals surface area contributed by atoms with E-state index >= 15 is 0 Å². The van der Waals surface area contributed by atoms with Crippen LogP contribution in [0, 0.1) is 0 Å². The Bertz CT molecular complexity index is 685. The van der Waals surface area contributed by atoms with Gasteiger partial charge >= 0.3 is 0 Å². The van der Waals surface area contributed by atoms with Crippen molar-refractivity contribution in [3.05, 3.63) is 65.2 Å². The van der Waals surface area contributed by atoms with Gasteiger partial charge in [0.05, 0.1) is 13.2 Å². The first-order valence-corrected chi connectivity index (χ1v) is 8.55. The van der Waals surface area contributed by atoms with E-state index in [0.29, 0.717) is 13.2 Å². The van der Waals surface area contributed by atoms with Crippen molar-refractivity contribution in [3.8, 4) is 0 Å². The minimum atomic E-state index is -0.00833. The Labute approximate surface area is 143 Å². The van der Waals surface area contributed by atoms with E-state index in [2.05, 4.69) is 17.6 Å². The van der Waals surface area contributed by atoms with Gasteiger partial charge in [-0.25, -0.2) is 0 Å². The zero-order chi connectivity index (χ0) is 16.8. The molecule has 0 bridgehead atoms. The lowest BCUT2D eigenvalue weighted by Crippen LogP contribution is -2.39. The van der Waals surface area contributed by atoms with Gasteiger partial charge in [0.25, 0.3) is 5.91 Å². The van der Waals surface area contributed by atoms with Crippen LogP contribution in [0.1, 0.15) is 34.8 Å². The SMILES string of the molecule is CCC(CNc1ccccc1)NC(=O)c1ccc2c(c1)CCOC2. The van der Waals surface area contributed by atoms with Gasteiger partial charge in [0.1, 0.15) is 0 Å². The quantitative estimate of drug-likeness (QED) is 0.856. The Morgan fingerprint density at radius 3 is 2.79 bits per heavy atom. The molecule has 0 spiro atoms. The van der Waals surface area contributed by atoms with Crippen molar-refractivity contribution in [1.29, 1.82) is 0 Å². The van der Waals surface area contributed by atoms with Gasteiger partial charge in [-0.2, -0.15) is 0 Å². The van der Waals surface area contributed by atoms with Crippen LogP contribution in [0.5, 0.6) is 0 Å². The Kier molecular flexibility index (Phi) is 5.49. The zero-order valence-electron chi connectivity index (χ0n) is 14.0. The van der Waals surface area contributed by atoms with Crippen molar-refractivity contribution in [3.63, 3.8) is 0 Å². The first-order valence-electron chi connectivity index (χ1n) is 8.55. The van der Waals surface area contributed by atoms with Crippen LogP contribution in [0.15, 0.2) is 48.5 Å². The molecule has 3 rings (SSSR count). The first-order chi connectivity index (χ1) is 11.8. The second kappa shape index (κ2) is 7.97. The molecule has 0 aromatic heterocycles. The molecule has 126 valence electrons. The summed E-state index contributed by atoms with van der Waals surface area (Å²) in [6.45, 7) is 4.18. The third-order valence-electron chi connectivity index (χ3n) is 4.40. The van der Waals surface area contributed by atoms with Crippen LogP contribution in [0.25, 0.3) is 0 Å². The van der Waals surface area contributed by atoms with Crippen molar-refractivity contribution < 1.29 is 9.53 Å². The second-order valence-electron chi connectivity index (χ2n) is 6.11. The molecule has 1 atom stereocenters. The summed E-state index contributed by atoms with van der Waals surface area (Å²) in [5.41, 5.74) is 4.22. The Morgan fingerprint density at radius 2 is 2.00 bits per heavy atom. The van der Waals surface area contributed by atoms with E-state index in [1.54, 1.807) is 0 Å². The molecule has 0 saturated carbocycles. The maximum atomic E-state index is 12.5. The predicted molar refractivity (Wildman–Crippen MR) is 96.3 cm³/mol. The summed E-state index contributed by atoms with van der Waals surface area (Å²) in [5.74, 6) is -0.00833. The lowest BCUT2D eigenvalue weighted by molar-refractivity contribution is 0.0936. The summed E-state index contributed by atoms with van der Waals surface area (Å²) < 4.78 is 5.44. The van der Waals surface area contributed by atoms with Crippen molar-refractivity contribution in [2.45, 2.75) is 32.4 Å². The van der Waals surface area contributed by atoms with Crippen molar-refractivity contribution in [2.75, 3.05) is 18.5 Å². The number of carbonyl (C=O) groups excluding carboxylic acids is 1. The number of hydrogen-bond donors (Lipinski definition) is 2. The number of ether oxygens (including phenoxy) is 1. The van der Waals surface area contributed by atoms with E-state index < -0.39 is 0 Å². The maximum absolute atomic E-state index is 12.5.